The molecule has 1 N–H and O–H groups in total. The van der Waals surface area contributed by atoms with Crippen LogP contribution in [-0.4, -0.2) is 24.0 Å². The van der Waals surface area contributed by atoms with E-state index in [4.69, 9.17) is 5.26 Å². The highest BCUT2D eigenvalue weighted by Crippen LogP contribution is 2.34. The largest absolute Gasteiger partial charge is 0.358 e. The SMILES string of the molecule is CNC(=O)CSC1CCCC1C#N. The van der Waals surface area contributed by atoms with E-state index in [1.807, 2.05) is 0 Å². The van der Waals surface area contributed by atoms with E-state index in [2.05, 4.69) is 11.4 Å². The van der Waals surface area contributed by atoms with E-state index in [1.54, 1.807) is 18.8 Å². The Kier molecular flexibility index (Phi) is 4.10. The molecule has 2 atom stereocenters. The Morgan fingerprint density at radius 3 is 3.08 bits per heavy atom. The topological polar surface area (TPSA) is 52.9 Å². The van der Waals surface area contributed by atoms with Crippen LogP contribution in [0.5, 0.6) is 0 Å². The number of thioether (sulfide) groups is 1. The lowest BCUT2D eigenvalue weighted by Crippen LogP contribution is -2.22. The fraction of sp³-hybridized carbons (Fsp3) is 0.778. The van der Waals surface area contributed by atoms with Crippen LogP contribution in [0.25, 0.3) is 0 Å². The third-order valence-corrected chi connectivity index (χ3v) is 3.75. The van der Waals surface area contributed by atoms with E-state index in [1.165, 1.54) is 0 Å². The van der Waals surface area contributed by atoms with E-state index in [0.29, 0.717) is 11.0 Å². The number of amides is 1. The van der Waals surface area contributed by atoms with Crippen molar-refractivity contribution in [2.45, 2.75) is 24.5 Å². The summed E-state index contributed by atoms with van der Waals surface area (Å²) in [6.45, 7) is 0. The van der Waals surface area contributed by atoms with Crippen LogP contribution in [0.2, 0.25) is 0 Å². The van der Waals surface area contributed by atoms with Gasteiger partial charge in [-0.3, -0.25) is 4.79 Å². The highest BCUT2D eigenvalue weighted by molar-refractivity contribution is 8.00. The predicted octanol–water partition coefficient (Wildman–Crippen LogP) is 1.16. The number of hydrogen-bond donors (Lipinski definition) is 1. The number of carbonyl (C=O) groups excluding carboxylic acids is 1. The Balaban J connectivity index is 2.29. The van der Waals surface area contributed by atoms with Crippen LogP contribution in [-0.2, 0) is 4.79 Å². The van der Waals surface area contributed by atoms with Gasteiger partial charge in [0, 0.05) is 12.3 Å². The highest BCUT2D eigenvalue weighted by atomic mass is 32.2. The summed E-state index contributed by atoms with van der Waals surface area (Å²) in [5, 5.41) is 11.8. The summed E-state index contributed by atoms with van der Waals surface area (Å²) >= 11 is 1.61. The molecule has 0 aliphatic heterocycles. The lowest BCUT2D eigenvalue weighted by atomic mass is 10.1. The van der Waals surface area contributed by atoms with Crippen molar-refractivity contribution in [1.82, 2.24) is 5.32 Å². The van der Waals surface area contributed by atoms with Crippen LogP contribution in [0.15, 0.2) is 0 Å². The van der Waals surface area contributed by atoms with Gasteiger partial charge in [-0.15, -0.1) is 11.8 Å². The molecule has 4 heteroatoms. The van der Waals surface area contributed by atoms with Crippen molar-refractivity contribution in [3.8, 4) is 6.07 Å². The first-order valence-corrected chi connectivity index (χ1v) is 5.54. The minimum atomic E-state index is 0.0496. The van der Waals surface area contributed by atoms with Crippen LogP contribution in [0, 0.1) is 17.2 Å². The van der Waals surface area contributed by atoms with Crippen molar-refractivity contribution in [1.29, 1.82) is 5.26 Å². The van der Waals surface area contributed by atoms with Crippen LogP contribution >= 0.6 is 11.8 Å². The monoisotopic (exact) mass is 198 g/mol. The fourth-order valence-electron chi connectivity index (χ4n) is 1.53. The first-order valence-electron chi connectivity index (χ1n) is 4.49. The fourth-order valence-corrected chi connectivity index (χ4v) is 2.80. The summed E-state index contributed by atoms with van der Waals surface area (Å²) in [5.74, 6) is 0.697. The number of carbonyl (C=O) groups is 1. The summed E-state index contributed by atoms with van der Waals surface area (Å²) in [7, 11) is 1.64. The second kappa shape index (κ2) is 5.13. The number of nitrogens with zero attached hydrogens (tertiary/aromatic N) is 1. The zero-order chi connectivity index (χ0) is 9.68. The van der Waals surface area contributed by atoms with Crippen molar-refractivity contribution in [3.63, 3.8) is 0 Å². The van der Waals surface area contributed by atoms with Gasteiger partial charge < -0.3 is 5.32 Å². The molecule has 0 bridgehead atoms. The summed E-state index contributed by atoms with van der Waals surface area (Å²) < 4.78 is 0. The molecule has 0 saturated heterocycles. The average Bonchev–Trinajstić information content (AvgIpc) is 2.61. The standard InChI is InChI=1S/C9H14N2OS/c1-11-9(12)6-13-8-4-2-3-7(8)5-10/h7-8H,2-4,6H2,1H3,(H,11,12). The van der Waals surface area contributed by atoms with Gasteiger partial charge >= 0.3 is 0 Å². The molecule has 0 aromatic carbocycles. The Morgan fingerprint density at radius 2 is 2.46 bits per heavy atom. The lowest BCUT2D eigenvalue weighted by Gasteiger charge is -2.11. The maximum atomic E-state index is 10.9. The molecule has 0 heterocycles. The third-order valence-electron chi connectivity index (χ3n) is 2.33. The Hall–Kier alpha value is -0.690. The molecule has 3 nitrogen and oxygen atoms in total. The summed E-state index contributed by atoms with van der Waals surface area (Å²) in [6, 6.07) is 2.30. The molecule has 1 aliphatic rings. The van der Waals surface area contributed by atoms with E-state index in [-0.39, 0.29) is 11.8 Å². The molecule has 2 unspecified atom stereocenters. The number of nitrogens with one attached hydrogen (secondary N) is 1. The highest BCUT2D eigenvalue weighted by Gasteiger charge is 2.27. The second-order valence-corrected chi connectivity index (χ2v) is 4.42. The van der Waals surface area contributed by atoms with Crippen molar-refractivity contribution in [2.75, 3.05) is 12.8 Å². The van der Waals surface area contributed by atoms with Gasteiger partial charge in [0.1, 0.15) is 0 Å². The van der Waals surface area contributed by atoms with Crippen molar-refractivity contribution < 1.29 is 4.79 Å². The molecule has 0 radical (unpaired) electrons. The molecular weight excluding hydrogens is 184 g/mol. The summed E-state index contributed by atoms with van der Waals surface area (Å²) in [5.41, 5.74) is 0. The van der Waals surface area contributed by atoms with Gasteiger partial charge in [-0.25, -0.2) is 0 Å². The first kappa shape index (κ1) is 10.4. The predicted molar refractivity (Wildman–Crippen MR) is 53.3 cm³/mol. The molecule has 1 fully saturated rings. The van der Waals surface area contributed by atoms with Crippen molar-refractivity contribution in [2.24, 2.45) is 5.92 Å². The average molecular weight is 198 g/mol. The molecule has 1 saturated carbocycles. The zero-order valence-corrected chi connectivity index (χ0v) is 8.56. The molecular formula is C9H14N2OS. The summed E-state index contributed by atoms with van der Waals surface area (Å²) in [6.07, 6.45) is 3.21. The minimum absolute atomic E-state index is 0.0496. The molecule has 13 heavy (non-hydrogen) atoms. The van der Waals surface area contributed by atoms with Crippen molar-refractivity contribution in [3.05, 3.63) is 0 Å². The Morgan fingerprint density at radius 1 is 1.69 bits per heavy atom. The van der Waals surface area contributed by atoms with E-state index in [0.717, 1.165) is 19.3 Å². The van der Waals surface area contributed by atoms with Gasteiger partial charge in [-0.05, 0) is 12.8 Å². The maximum absolute atomic E-state index is 10.9. The zero-order valence-electron chi connectivity index (χ0n) is 7.75. The normalized spacial score (nSPS) is 26.8. The van der Waals surface area contributed by atoms with Gasteiger partial charge in [-0.1, -0.05) is 6.42 Å². The number of rotatable bonds is 3. The molecule has 0 spiro atoms. The van der Waals surface area contributed by atoms with Gasteiger partial charge in [0.05, 0.1) is 17.7 Å². The lowest BCUT2D eigenvalue weighted by molar-refractivity contribution is -0.118. The Labute approximate surface area is 82.9 Å². The first-order chi connectivity index (χ1) is 6.27. The quantitative estimate of drug-likeness (QED) is 0.740. The Bertz CT molecular complexity index is 224. The maximum Gasteiger partial charge on any atom is 0.229 e. The van der Waals surface area contributed by atoms with Crippen LogP contribution in [0.1, 0.15) is 19.3 Å². The van der Waals surface area contributed by atoms with Crippen molar-refractivity contribution >= 4 is 17.7 Å². The molecule has 1 aliphatic carbocycles. The van der Waals surface area contributed by atoms with Gasteiger partial charge in [0.2, 0.25) is 5.91 Å². The summed E-state index contributed by atoms with van der Waals surface area (Å²) in [4.78, 5) is 10.9. The third kappa shape index (κ3) is 2.92. The number of nitriles is 1. The molecule has 0 aromatic rings. The van der Waals surface area contributed by atoms with Gasteiger partial charge in [0.15, 0.2) is 0 Å². The second-order valence-electron chi connectivity index (χ2n) is 3.19. The van der Waals surface area contributed by atoms with E-state index >= 15 is 0 Å². The van der Waals surface area contributed by atoms with Crippen LogP contribution in [0.4, 0.5) is 0 Å². The minimum Gasteiger partial charge on any atom is -0.358 e. The van der Waals surface area contributed by atoms with Crippen LogP contribution < -0.4 is 5.32 Å². The van der Waals surface area contributed by atoms with Crippen LogP contribution in [0.3, 0.4) is 0 Å². The van der Waals surface area contributed by atoms with E-state index < -0.39 is 0 Å². The smallest absolute Gasteiger partial charge is 0.229 e. The molecule has 0 aromatic heterocycles. The van der Waals surface area contributed by atoms with Gasteiger partial charge in [-0.2, -0.15) is 5.26 Å². The molecule has 1 amide bonds. The van der Waals surface area contributed by atoms with E-state index in [9.17, 15) is 4.79 Å². The molecule has 72 valence electrons. The molecule has 1 rings (SSSR count). The number of hydrogen-bond acceptors (Lipinski definition) is 3. The van der Waals surface area contributed by atoms with Gasteiger partial charge in [0.25, 0.3) is 0 Å².